The molecule has 4 atom stereocenters. The molecule has 2 aromatic carbocycles. The molecular weight excluding hydrogens is 570 g/mol. The SMILES string of the molecule is CCCCCC1(N=C(NC(=O)c2ccc(Cl)cc2)Nc2cccc(C(F)(F)F)c2)C(C)C2=[N+](C2)C(C(F)(F)F)C1C. The number of nitrogens with zero attached hydrogens (tertiary/aromatic N) is 2. The lowest BCUT2D eigenvalue weighted by Crippen LogP contribution is -2.57. The lowest BCUT2D eigenvalue weighted by atomic mass is 9.67. The molecule has 0 radical (unpaired) electrons. The van der Waals surface area contributed by atoms with Crippen molar-refractivity contribution in [2.24, 2.45) is 16.8 Å². The molecule has 2 heterocycles. The maximum atomic E-state index is 14.3. The third-order valence-corrected chi connectivity index (χ3v) is 8.32. The highest BCUT2D eigenvalue weighted by molar-refractivity contribution is 6.30. The van der Waals surface area contributed by atoms with Gasteiger partial charge in [-0.3, -0.25) is 10.1 Å². The molecule has 4 unspecified atom stereocenters. The zero-order chi connectivity index (χ0) is 30.2. The van der Waals surface area contributed by atoms with E-state index in [0.29, 0.717) is 23.6 Å². The fourth-order valence-corrected chi connectivity index (χ4v) is 5.96. The molecule has 5 nitrogen and oxygen atoms in total. The summed E-state index contributed by atoms with van der Waals surface area (Å²) in [6.45, 7) is 5.53. The monoisotopic (exact) mass is 601 g/mol. The van der Waals surface area contributed by atoms with E-state index in [1.807, 2.05) is 13.8 Å². The minimum atomic E-state index is -4.62. The maximum Gasteiger partial charge on any atom is 0.451 e. The summed E-state index contributed by atoms with van der Waals surface area (Å²) in [6, 6.07) is 8.47. The van der Waals surface area contributed by atoms with Crippen molar-refractivity contribution in [3.63, 3.8) is 0 Å². The second kappa shape index (κ2) is 11.7. The van der Waals surface area contributed by atoms with E-state index in [0.717, 1.165) is 25.0 Å². The average molecular weight is 602 g/mol. The minimum absolute atomic E-state index is 0.0251. The van der Waals surface area contributed by atoms with Crippen LogP contribution in [0, 0.1) is 11.8 Å². The number of hydrogen-bond donors (Lipinski definition) is 2. The van der Waals surface area contributed by atoms with Gasteiger partial charge in [0.15, 0.2) is 0 Å². The highest BCUT2D eigenvalue weighted by Crippen LogP contribution is 2.49. The summed E-state index contributed by atoms with van der Waals surface area (Å²) in [5.74, 6) is -2.27. The third-order valence-electron chi connectivity index (χ3n) is 8.07. The number of unbranched alkanes of at least 4 members (excludes halogenated alkanes) is 2. The number of hydrogen-bond acceptors (Lipinski definition) is 2. The van der Waals surface area contributed by atoms with Gasteiger partial charge in [0.1, 0.15) is 0 Å². The minimum Gasteiger partial charge on any atom is -0.326 e. The van der Waals surface area contributed by atoms with Gasteiger partial charge >= 0.3 is 12.4 Å². The molecule has 1 amide bonds. The van der Waals surface area contributed by atoms with Crippen LogP contribution in [0.25, 0.3) is 0 Å². The fourth-order valence-electron chi connectivity index (χ4n) is 5.83. The third kappa shape index (κ3) is 6.71. The van der Waals surface area contributed by atoms with Crippen molar-refractivity contribution in [2.75, 3.05) is 11.9 Å². The van der Waals surface area contributed by atoms with Crippen LogP contribution >= 0.6 is 11.6 Å². The second-order valence-electron chi connectivity index (χ2n) is 10.7. The van der Waals surface area contributed by atoms with Crippen LogP contribution in [0.15, 0.2) is 53.5 Å². The van der Waals surface area contributed by atoms with Crippen LogP contribution < -0.4 is 10.6 Å². The molecule has 2 aliphatic heterocycles. The van der Waals surface area contributed by atoms with Crippen molar-refractivity contribution in [2.45, 2.75) is 70.4 Å². The average Bonchev–Trinajstić information content (AvgIpc) is 3.67. The number of rotatable bonds is 7. The lowest BCUT2D eigenvalue weighted by Gasteiger charge is -2.42. The summed E-state index contributed by atoms with van der Waals surface area (Å²) >= 11 is 5.93. The molecule has 12 heteroatoms. The van der Waals surface area contributed by atoms with Gasteiger partial charge in [0, 0.05) is 16.3 Å². The number of benzene rings is 2. The second-order valence-corrected chi connectivity index (χ2v) is 11.1. The fraction of sp³-hybridized carbons (Fsp3) is 0.483. The van der Waals surface area contributed by atoms with Gasteiger partial charge in [0.2, 0.25) is 18.2 Å². The van der Waals surface area contributed by atoms with Crippen LogP contribution in [0.1, 0.15) is 62.4 Å². The number of anilines is 1. The van der Waals surface area contributed by atoms with Gasteiger partial charge in [0.05, 0.1) is 22.9 Å². The predicted octanol–water partition coefficient (Wildman–Crippen LogP) is 7.56. The Morgan fingerprint density at radius 3 is 2.37 bits per heavy atom. The summed E-state index contributed by atoms with van der Waals surface area (Å²) < 4.78 is 84.6. The van der Waals surface area contributed by atoms with E-state index >= 15 is 0 Å². The zero-order valence-corrected chi connectivity index (χ0v) is 23.6. The van der Waals surface area contributed by atoms with Crippen LogP contribution in [0.2, 0.25) is 5.02 Å². The Balaban J connectivity index is 1.82. The highest BCUT2D eigenvalue weighted by Gasteiger charge is 2.69. The van der Waals surface area contributed by atoms with Crippen molar-refractivity contribution in [1.82, 2.24) is 5.32 Å². The van der Waals surface area contributed by atoms with Crippen molar-refractivity contribution in [3.05, 3.63) is 64.7 Å². The first kappa shape index (κ1) is 30.9. The molecule has 2 aromatic rings. The van der Waals surface area contributed by atoms with E-state index in [2.05, 4.69) is 10.6 Å². The summed E-state index contributed by atoms with van der Waals surface area (Å²) in [7, 11) is 0. The Morgan fingerprint density at radius 1 is 1.07 bits per heavy atom. The Bertz CT molecular complexity index is 1340. The number of carbonyl (C=O) groups is 1. The van der Waals surface area contributed by atoms with Gasteiger partial charge < -0.3 is 5.32 Å². The quantitative estimate of drug-likeness (QED) is 0.113. The maximum absolute atomic E-state index is 14.3. The van der Waals surface area contributed by atoms with Crippen molar-refractivity contribution >= 4 is 34.9 Å². The van der Waals surface area contributed by atoms with Crippen LogP contribution in [0.4, 0.5) is 32.0 Å². The summed E-state index contributed by atoms with van der Waals surface area (Å²) in [6.07, 6.45) is -6.65. The summed E-state index contributed by atoms with van der Waals surface area (Å²) in [5.41, 5.74) is -1.41. The van der Waals surface area contributed by atoms with Crippen LogP contribution in [0.5, 0.6) is 0 Å². The molecule has 4 rings (SSSR count). The molecule has 0 spiro atoms. The van der Waals surface area contributed by atoms with Crippen LogP contribution in [0.3, 0.4) is 0 Å². The first-order valence-corrected chi connectivity index (χ1v) is 13.8. The van der Waals surface area contributed by atoms with Crippen LogP contribution in [-0.4, -0.2) is 46.5 Å². The summed E-state index contributed by atoms with van der Waals surface area (Å²) in [4.78, 5) is 18.0. The lowest BCUT2D eigenvalue weighted by molar-refractivity contribution is -0.549. The van der Waals surface area contributed by atoms with E-state index in [1.54, 1.807) is 0 Å². The van der Waals surface area contributed by atoms with Crippen LogP contribution in [-0.2, 0) is 6.18 Å². The smallest absolute Gasteiger partial charge is 0.326 e. The first-order valence-electron chi connectivity index (χ1n) is 13.5. The van der Waals surface area contributed by atoms with E-state index in [1.165, 1.54) is 47.9 Å². The molecule has 0 aromatic heterocycles. The number of amides is 1. The van der Waals surface area contributed by atoms with Gasteiger partial charge in [-0.1, -0.05) is 57.7 Å². The number of alkyl halides is 6. The Kier molecular flexibility index (Phi) is 8.78. The van der Waals surface area contributed by atoms with Gasteiger partial charge in [-0.05, 0) is 48.9 Å². The van der Waals surface area contributed by atoms with Crippen molar-refractivity contribution in [3.8, 4) is 0 Å². The van der Waals surface area contributed by atoms with E-state index < -0.39 is 47.2 Å². The molecule has 41 heavy (non-hydrogen) atoms. The molecule has 0 saturated carbocycles. The highest BCUT2D eigenvalue weighted by atomic mass is 35.5. The molecular formula is C29H32ClF6N4O+. The van der Waals surface area contributed by atoms with E-state index in [4.69, 9.17) is 16.6 Å². The molecule has 0 saturated heterocycles. The number of halogens is 7. The molecule has 2 aliphatic rings. The molecule has 2 N–H and O–H groups in total. The number of guanidine groups is 1. The Morgan fingerprint density at radius 2 is 1.76 bits per heavy atom. The molecule has 0 aliphatic carbocycles. The molecule has 222 valence electrons. The molecule has 0 fully saturated rings. The number of aliphatic imine (C=N–C) groups is 1. The van der Waals surface area contributed by atoms with Crippen molar-refractivity contribution in [1.29, 1.82) is 0 Å². The van der Waals surface area contributed by atoms with Gasteiger partial charge in [-0.15, -0.1) is 0 Å². The molecule has 0 bridgehead atoms. The zero-order valence-electron chi connectivity index (χ0n) is 22.8. The van der Waals surface area contributed by atoms with Gasteiger partial charge in [-0.2, -0.15) is 26.3 Å². The summed E-state index contributed by atoms with van der Waals surface area (Å²) in [5, 5.41) is 5.78. The van der Waals surface area contributed by atoms with E-state index in [9.17, 15) is 31.1 Å². The number of carbonyl (C=O) groups excluding carboxylic acids is 1. The van der Waals surface area contributed by atoms with Gasteiger partial charge in [0.25, 0.3) is 11.9 Å². The van der Waals surface area contributed by atoms with Gasteiger partial charge in [-0.25, -0.2) is 9.57 Å². The largest absolute Gasteiger partial charge is 0.451 e. The van der Waals surface area contributed by atoms with Crippen molar-refractivity contribution < 1.29 is 35.7 Å². The standard InChI is InChI=1S/C29H31ClF6N4O/c1-4-5-6-14-27(17(2)23-16-40(23)24(18(27)3)29(34,35)36)39-26(38-25(41)19-10-12-21(30)13-11-19)37-22-9-7-8-20(15-22)28(31,32)33/h7-13,15,17-18,24H,4-6,14,16H2,1-3H3,(H-,37,38,39,41)/p+1. The Hall–Kier alpha value is -3.08. The first-order chi connectivity index (χ1) is 19.2. The number of nitrogens with one attached hydrogen (secondary N) is 2. The topological polar surface area (TPSA) is 56.5 Å². The van der Waals surface area contributed by atoms with E-state index in [-0.39, 0.29) is 23.8 Å². The normalized spacial score (nSPS) is 24.6. The Labute approximate surface area is 239 Å². The predicted molar refractivity (Wildman–Crippen MR) is 147 cm³/mol.